The summed E-state index contributed by atoms with van der Waals surface area (Å²) in [6, 6.07) is 12.3. The number of rotatable bonds is 7. The first kappa shape index (κ1) is 23.3. The van der Waals surface area contributed by atoms with E-state index in [4.69, 9.17) is 9.47 Å². The predicted octanol–water partition coefficient (Wildman–Crippen LogP) is 4.52. The molecule has 8 nitrogen and oxygen atoms in total. The second-order valence-electron chi connectivity index (χ2n) is 8.74. The molecule has 1 saturated heterocycles. The average molecular weight is 497 g/mol. The van der Waals surface area contributed by atoms with Gasteiger partial charge < -0.3 is 14.8 Å². The monoisotopic (exact) mass is 496 g/mol. The Morgan fingerprint density at radius 2 is 2.06 bits per heavy atom. The van der Waals surface area contributed by atoms with Gasteiger partial charge in [-0.3, -0.25) is 0 Å². The fourth-order valence-corrected chi connectivity index (χ4v) is 5.11. The van der Waals surface area contributed by atoms with E-state index in [0.29, 0.717) is 36.5 Å². The molecule has 0 spiro atoms. The maximum Gasteiger partial charge on any atom is 0.230 e. The zero-order valence-electron chi connectivity index (χ0n) is 19.4. The second kappa shape index (κ2) is 9.27. The fraction of sp³-hybridized carbons (Fsp3) is 0.280. The molecule has 2 heterocycles. The SMILES string of the molecule is CC1=Cc2c(ccc(Oc3ccnc(Nc4cccc(O[C@@H]5CCN(S(C)(=O)=O)C5)c4)n3)c2F)C1. The van der Waals surface area contributed by atoms with Crippen molar-refractivity contribution in [3.8, 4) is 17.4 Å². The Morgan fingerprint density at radius 1 is 1.20 bits per heavy atom. The van der Waals surface area contributed by atoms with Crippen molar-refractivity contribution in [2.75, 3.05) is 24.7 Å². The topological polar surface area (TPSA) is 93.6 Å². The zero-order valence-corrected chi connectivity index (χ0v) is 20.2. The number of halogens is 1. The number of aromatic nitrogens is 2. The van der Waals surface area contributed by atoms with Crippen LogP contribution in [-0.4, -0.2) is 48.1 Å². The van der Waals surface area contributed by atoms with Crippen LogP contribution in [0.5, 0.6) is 17.4 Å². The summed E-state index contributed by atoms with van der Waals surface area (Å²) in [4.78, 5) is 8.56. The molecule has 10 heteroatoms. The van der Waals surface area contributed by atoms with Crippen LogP contribution in [0.1, 0.15) is 24.5 Å². The third kappa shape index (κ3) is 5.28. The first-order valence-electron chi connectivity index (χ1n) is 11.2. The van der Waals surface area contributed by atoms with E-state index in [-0.39, 0.29) is 23.7 Å². The molecule has 1 fully saturated rings. The summed E-state index contributed by atoms with van der Waals surface area (Å²) in [5, 5.41) is 3.10. The van der Waals surface area contributed by atoms with E-state index in [9.17, 15) is 12.8 Å². The molecule has 35 heavy (non-hydrogen) atoms. The second-order valence-corrected chi connectivity index (χ2v) is 10.7. The molecule has 5 rings (SSSR count). The first-order chi connectivity index (χ1) is 16.7. The molecule has 0 bridgehead atoms. The van der Waals surface area contributed by atoms with Crippen LogP contribution in [-0.2, 0) is 16.4 Å². The van der Waals surface area contributed by atoms with Gasteiger partial charge in [-0.25, -0.2) is 17.8 Å². The summed E-state index contributed by atoms with van der Waals surface area (Å²) in [7, 11) is -3.23. The molecular weight excluding hydrogens is 471 g/mol. The molecule has 0 unspecified atom stereocenters. The Morgan fingerprint density at radius 3 is 2.86 bits per heavy atom. The number of allylic oxidation sites excluding steroid dienone is 1. The lowest BCUT2D eigenvalue weighted by Gasteiger charge is -2.16. The normalized spacial score (nSPS) is 17.7. The molecule has 1 N–H and O–H groups in total. The van der Waals surface area contributed by atoms with Gasteiger partial charge in [0.15, 0.2) is 11.6 Å². The number of fused-ring (bicyclic) bond motifs is 1. The van der Waals surface area contributed by atoms with Crippen LogP contribution in [0.2, 0.25) is 0 Å². The highest BCUT2D eigenvalue weighted by atomic mass is 32.2. The number of hydrogen-bond acceptors (Lipinski definition) is 7. The van der Waals surface area contributed by atoms with Crippen molar-refractivity contribution in [1.29, 1.82) is 0 Å². The zero-order chi connectivity index (χ0) is 24.6. The highest BCUT2D eigenvalue weighted by Crippen LogP contribution is 2.34. The Labute approximate surface area is 203 Å². The lowest BCUT2D eigenvalue weighted by Crippen LogP contribution is -2.29. The van der Waals surface area contributed by atoms with E-state index in [1.54, 1.807) is 18.2 Å². The number of benzene rings is 2. The summed E-state index contributed by atoms with van der Waals surface area (Å²) >= 11 is 0. The molecule has 2 aromatic carbocycles. The maximum absolute atomic E-state index is 14.9. The number of anilines is 2. The molecule has 1 aliphatic carbocycles. The Balaban J connectivity index is 1.26. The van der Waals surface area contributed by atoms with Crippen molar-refractivity contribution in [3.63, 3.8) is 0 Å². The van der Waals surface area contributed by atoms with E-state index in [0.717, 1.165) is 17.6 Å². The van der Waals surface area contributed by atoms with Gasteiger partial charge in [0, 0.05) is 36.1 Å². The van der Waals surface area contributed by atoms with Gasteiger partial charge in [0.05, 0.1) is 12.8 Å². The number of hydrogen-bond donors (Lipinski definition) is 1. The van der Waals surface area contributed by atoms with Crippen molar-refractivity contribution < 1.29 is 22.3 Å². The lowest BCUT2D eigenvalue weighted by molar-refractivity contribution is 0.216. The van der Waals surface area contributed by atoms with Gasteiger partial charge in [-0.2, -0.15) is 9.29 Å². The van der Waals surface area contributed by atoms with Gasteiger partial charge >= 0.3 is 0 Å². The van der Waals surface area contributed by atoms with Gasteiger partial charge in [0.1, 0.15) is 11.9 Å². The number of nitrogens with one attached hydrogen (secondary N) is 1. The largest absolute Gasteiger partial charge is 0.489 e. The Hall–Kier alpha value is -3.50. The van der Waals surface area contributed by atoms with E-state index >= 15 is 0 Å². The van der Waals surface area contributed by atoms with Gasteiger partial charge in [0.25, 0.3) is 0 Å². The van der Waals surface area contributed by atoms with E-state index in [2.05, 4.69) is 15.3 Å². The van der Waals surface area contributed by atoms with Crippen LogP contribution < -0.4 is 14.8 Å². The molecule has 1 aromatic heterocycles. The van der Waals surface area contributed by atoms with E-state index < -0.39 is 15.8 Å². The summed E-state index contributed by atoms with van der Waals surface area (Å²) in [5.74, 6) is 0.791. The molecule has 0 amide bonds. The first-order valence-corrected chi connectivity index (χ1v) is 13.1. The van der Waals surface area contributed by atoms with Crippen LogP contribution in [0, 0.1) is 5.82 Å². The van der Waals surface area contributed by atoms with Crippen molar-refractivity contribution in [2.45, 2.75) is 25.9 Å². The molecule has 1 aliphatic heterocycles. The molecular formula is C25H25FN4O4S. The molecule has 0 radical (unpaired) electrons. The molecule has 182 valence electrons. The maximum atomic E-state index is 14.9. The summed E-state index contributed by atoms with van der Waals surface area (Å²) in [5.41, 5.74) is 3.30. The van der Waals surface area contributed by atoms with Crippen LogP contribution in [0.15, 0.2) is 54.2 Å². The number of nitrogens with zero attached hydrogens (tertiary/aromatic N) is 3. The van der Waals surface area contributed by atoms with Gasteiger partial charge in [-0.1, -0.05) is 23.8 Å². The smallest absolute Gasteiger partial charge is 0.230 e. The highest BCUT2D eigenvalue weighted by molar-refractivity contribution is 7.88. The molecule has 2 aliphatic rings. The Kier molecular flexibility index (Phi) is 6.16. The lowest BCUT2D eigenvalue weighted by atomic mass is 10.1. The number of sulfonamides is 1. The highest BCUT2D eigenvalue weighted by Gasteiger charge is 2.29. The minimum atomic E-state index is -3.23. The average Bonchev–Trinajstić information content (AvgIpc) is 3.43. The third-order valence-electron chi connectivity index (χ3n) is 5.91. The predicted molar refractivity (Wildman–Crippen MR) is 131 cm³/mol. The van der Waals surface area contributed by atoms with Crippen LogP contribution in [0.4, 0.5) is 16.0 Å². The molecule has 3 aromatic rings. The minimum absolute atomic E-state index is 0.106. The van der Waals surface area contributed by atoms with Crippen LogP contribution in [0.25, 0.3) is 6.08 Å². The van der Waals surface area contributed by atoms with Crippen molar-refractivity contribution >= 4 is 27.7 Å². The van der Waals surface area contributed by atoms with E-state index in [1.807, 2.05) is 37.3 Å². The van der Waals surface area contributed by atoms with Gasteiger partial charge in [-0.15, -0.1) is 0 Å². The Bertz CT molecular complexity index is 1410. The van der Waals surface area contributed by atoms with Crippen molar-refractivity contribution in [3.05, 3.63) is 71.2 Å². The quantitative estimate of drug-likeness (QED) is 0.514. The minimum Gasteiger partial charge on any atom is -0.489 e. The van der Waals surface area contributed by atoms with Crippen LogP contribution in [0.3, 0.4) is 0 Å². The number of ether oxygens (including phenoxy) is 2. The summed E-state index contributed by atoms with van der Waals surface area (Å²) < 4.78 is 51.5. The van der Waals surface area contributed by atoms with Gasteiger partial charge in [-0.05, 0) is 43.5 Å². The third-order valence-corrected chi connectivity index (χ3v) is 7.18. The van der Waals surface area contributed by atoms with Crippen LogP contribution >= 0.6 is 0 Å². The van der Waals surface area contributed by atoms with Crippen molar-refractivity contribution in [2.24, 2.45) is 0 Å². The van der Waals surface area contributed by atoms with Gasteiger partial charge in [0.2, 0.25) is 21.9 Å². The summed E-state index contributed by atoms with van der Waals surface area (Å²) in [6.07, 6.45) is 5.72. The molecule has 0 saturated carbocycles. The standard InChI is InChI=1S/C25H25FN4O4S/c1-16-12-17-6-7-22(24(26)21(17)13-16)34-23-8-10-27-25(29-23)28-18-4-3-5-19(14-18)33-20-9-11-30(15-20)35(2,31)32/h3-8,10,13-14,20H,9,11-12,15H2,1-2H3,(H,27,28,29)/t20-/m1/s1. The van der Waals surface area contributed by atoms with Crippen molar-refractivity contribution in [1.82, 2.24) is 14.3 Å². The summed E-state index contributed by atoms with van der Waals surface area (Å²) in [6.45, 7) is 2.75. The van der Waals surface area contributed by atoms with E-state index in [1.165, 1.54) is 16.8 Å². The fourth-order valence-electron chi connectivity index (χ4n) is 4.24. The molecule has 1 atom stereocenters.